The number of nitrogens with zero attached hydrogens (tertiary/aromatic N) is 1. The first-order valence-corrected chi connectivity index (χ1v) is 5.56. The number of amides is 2. The molecule has 0 spiro atoms. The first-order valence-electron chi connectivity index (χ1n) is 5.56. The minimum atomic E-state index is -0.727. The molecule has 1 rings (SSSR count). The molecule has 1 fully saturated rings. The molecule has 0 bridgehead atoms. The summed E-state index contributed by atoms with van der Waals surface area (Å²) < 4.78 is 0. The molecule has 92 valence electrons. The standard InChI is InChI=1S/C12H15NO4/c1-2-3-4-5-6-7-12(16)17-13-10(14)8-9-11(13)15/h4-7H,2-3,8-9H2,1H3/b5-4+,7-6+. The molecule has 0 N–H and O–H groups in total. The number of hydrogen-bond donors (Lipinski definition) is 0. The summed E-state index contributed by atoms with van der Waals surface area (Å²) in [5.74, 6) is -1.67. The number of allylic oxidation sites excluding steroid dienone is 3. The zero-order chi connectivity index (χ0) is 12.7. The van der Waals surface area contributed by atoms with Crippen LogP contribution in [0.3, 0.4) is 0 Å². The van der Waals surface area contributed by atoms with Crippen molar-refractivity contribution in [1.82, 2.24) is 5.06 Å². The smallest absolute Gasteiger partial charge is 0.326 e. The lowest BCUT2D eigenvalue weighted by Crippen LogP contribution is -2.31. The van der Waals surface area contributed by atoms with Crippen molar-refractivity contribution in [3.8, 4) is 0 Å². The van der Waals surface area contributed by atoms with Crippen molar-refractivity contribution in [3.63, 3.8) is 0 Å². The molecule has 5 heteroatoms. The van der Waals surface area contributed by atoms with E-state index in [0.717, 1.165) is 12.8 Å². The third kappa shape index (κ3) is 4.22. The van der Waals surface area contributed by atoms with Crippen LogP contribution in [0.2, 0.25) is 0 Å². The predicted molar refractivity (Wildman–Crippen MR) is 60.4 cm³/mol. The van der Waals surface area contributed by atoms with E-state index in [1.54, 1.807) is 6.08 Å². The van der Waals surface area contributed by atoms with Crippen LogP contribution in [0.1, 0.15) is 32.6 Å². The Hall–Kier alpha value is -1.91. The second-order valence-corrected chi connectivity index (χ2v) is 3.57. The van der Waals surface area contributed by atoms with Crippen molar-refractivity contribution in [1.29, 1.82) is 0 Å². The molecule has 0 atom stereocenters. The Morgan fingerprint density at radius 3 is 2.53 bits per heavy atom. The molecule has 1 saturated heterocycles. The Morgan fingerprint density at radius 1 is 1.29 bits per heavy atom. The molecular formula is C12H15NO4. The van der Waals surface area contributed by atoms with Gasteiger partial charge in [0.05, 0.1) is 0 Å². The highest BCUT2D eigenvalue weighted by atomic mass is 16.7. The van der Waals surface area contributed by atoms with Crippen LogP contribution in [0.5, 0.6) is 0 Å². The number of hydroxylamine groups is 2. The number of hydrogen-bond acceptors (Lipinski definition) is 4. The third-order valence-corrected chi connectivity index (χ3v) is 2.12. The van der Waals surface area contributed by atoms with Crippen LogP contribution in [0.25, 0.3) is 0 Å². The molecule has 0 unspecified atom stereocenters. The van der Waals surface area contributed by atoms with E-state index in [9.17, 15) is 14.4 Å². The minimum absolute atomic E-state index is 0.103. The molecular weight excluding hydrogens is 222 g/mol. The SMILES string of the molecule is CCC/C=C/C=C/C(=O)ON1C(=O)CCC1=O. The van der Waals surface area contributed by atoms with Gasteiger partial charge in [0, 0.05) is 18.9 Å². The van der Waals surface area contributed by atoms with Crippen molar-refractivity contribution >= 4 is 17.8 Å². The zero-order valence-electron chi connectivity index (χ0n) is 9.72. The Labute approximate surface area is 99.7 Å². The highest BCUT2D eigenvalue weighted by Crippen LogP contribution is 2.12. The molecule has 0 aliphatic carbocycles. The van der Waals surface area contributed by atoms with Gasteiger partial charge in [-0.1, -0.05) is 31.6 Å². The Kier molecular flexibility index (Phi) is 5.13. The van der Waals surface area contributed by atoms with E-state index < -0.39 is 17.8 Å². The quantitative estimate of drug-likeness (QED) is 0.413. The lowest BCUT2D eigenvalue weighted by Gasteiger charge is -2.10. The fourth-order valence-corrected chi connectivity index (χ4v) is 1.25. The maximum atomic E-state index is 11.2. The van der Waals surface area contributed by atoms with E-state index in [-0.39, 0.29) is 12.8 Å². The van der Waals surface area contributed by atoms with Gasteiger partial charge in [0.2, 0.25) is 0 Å². The Bertz CT molecular complexity index is 355. The van der Waals surface area contributed by atoms with Gasteiger partial charge >= 0.3 is 5.97 Å². The van der Waals surface area contributed by atoms with Gasteiger partial charge in [-0.15, -0.1) is 5.06 Å². The predicted octanol–water partition coefficient (Wildman–Crippen LogP) is 1.51. The van der Waals surface area contributed by atoms with Crippen LogP contribution in [0, 0.1) is 0 Å². The van der Waals surface area contributed by atoms with E-state index in [0.29, 0.717) is 5.06 Å². The number of carbonyl (C=O) groups is 3. The van der Waals surface area contributed by atoms with Crippen LogP contribution in [-0.4, -0.2) is 22.8 Å². The second kappa shape index (κ2) is 6.62. The van der Waals surface area contributed by atoms with Crippen molar-refractivity contribution in [2.75, 3.05) is 0 Å². The van der Waals surface area contributed by atoms with E-state index in [1.807, 2.05) is 13.0 Å². The van der Waals surface area contributed by atoms with Crippen molar-refractivity contribution in [3.05, 3.63) is 24.3 Å². The number of rotatable bonds is 5. The van der Waals surface area contributed by atoms with Gasteiger partial charge in [0.15, 0.2) is 0 Å². The topological polar surface area (TPSA) is 63.7 Å². The highest BCUT2D eigenvalue weighted by Gasteiger charge is 2.32. The maximum Gasteiger partial charge on any atom is 0.356 e. The van der Waals surface area contributed by atoms with Gasteiger partial charge in [-0.25, -0.2) is 4.79 Å². The molecule has 1 aliphatic heterocycles. The van der Waals surface area contributed by atoms with E-state index in [2.05, 4.69) is 4.84 Å². The van der Waals surface area contributed by atoms with Crippen molar-refractivity contribution < 1.29 is 19.2 Å². The average Bonchev–Trinajstić information content (AvgIpc) is 2.60. The highest BCUT2D eigenvalue weighted by molar-refractivity contribution is 6.02. The van der Waals surface area contributed by atoms with E-state index in [4.69, 9.17) is 0 Å². The summed E-state index contributed by atoms with van der Waals surface area (Å²) in [5, 5.41) is 0.530. The summed E-state index contributed by atoms with van der Waals surface area (Å²) in [6.07, 6.45) is 8.49. The summed E-state index contributed by atoms with van der Waals surface area (Å²) in [7, 11) is 0. The molecule has 0 radical (unpaired) electrons. The van der Waals surface area contributed by atoms with Gasteiger partial charge < -0.3 is 4.84 Å². The molecule has 5 nitrogen and oxygen atoms in total. The maximum absolute atomic E-state index is 11.2. The van der Waals surface area contributed by atoms with Crippen LogP contribution in [0.4, 0.5) is 0 Å². The van der Waals surface area contributed by atoms with E-state index >= 15 is 0 Å². The van der Waals surface area contributed by atoms with Gasteiger partial charge in [-0.05, 0) is 6.42 Å². The first kappa shape index (κ1) is 13.2. The zero-order valence-corrected chi connectivity index (χ0v) is 9.72. The van der Waals surface area contributed by atoms with Gasteiger partial charge in [-0.3, -0.25) is 9.59 Å². The van der Waals surface area contributed by atoms with Crippen LogP contribution < -0.4 is 0 Å². The normalized spacial score (nSPS) is 16.4. The summed E-state index contributed by atoms with van der Waals surface area (Å²) >= 11 is 0. The molecule has 0 aromatic heterocycles. The Balaban J connectivity index is 2.39. The molecule has 1 aliphatic rings. The van der Waals surface area contributed by atoms with Crippen LogP contribution >= 0.6 is 0 Å². The summed E-state index contributed by atoms with van der Waals surface area (Å²) in [4.78, 5) is 38.1. The summed E-state index contributed by atoms with van der Waals surface area (Å²) in [6.45, 7) is 2.05. The van der Waals surface area contributed by atoms with Crippen LogP contribution in [0.15, 0.2) is 24.3 Å². The largest absolute Gasteiger partial charge is 0.356 e. The Morgan fingerprint density at radius 2 is 1.94 bits per heavy atom. The molecule has 1 heterocycles. The summed E-state index contributed by atoms with van der Waals surface area (Å²) in [5.41, 5.74) is 0. The first-order chi connectivity index (χ1) is 8.15. The van der Waals surface area contributed by atoms with Crippen molar-refractivity contribution in [2.45, 2.75) is 32.6 Å². The van der Waals surface area contributed by atoms with Gasteiger partial charge in [0.1, 0.15) is 0 Å². The molecule has 17 heavy (non-hydrogen) atoms. The minimum Gasteiger partial charge on any atom is -0.326 e. The number of imide groups is 1. The lowest BCUT2D eigenvalue weighted by atomic mass is 10.3. The molecule has 2 amide bonds. The lowest BCUT2D eigenvalue weighted by molar-refractivity contribution is -0.193. The monoisotopic (exact) mass is 237 g/mol. The van der Waals surface area contributed by atoms with Crippen LogP contribution in [-0.2, 0) is 19.2 Å². The molecule has 0 aromatic rings. The number of carbonyl (C=O) groups excluding carboxylic acids is 3. The molecule has 0 saturated carbocycles. The van der Waals surface area contributed by atoms with E-state index in [1.165, 1.54) is 12.2 Å². The fraction of sp³-hybridized carbons (Fsp3) is 0.417. The number of unbranched alkanes of at least 4 members (excludes halogenated alkanes) is 1. The third-order valence-electron chi connectivity index (χ3n) is 2.12. The average molecular weight is 237 g/mol. The van der Waals surface area contributed by atoms with Gasteiger partial charge in [-0.2, -0.15) is 0 Å². The second-order valence-electron chi connectivity index (χ2n) is 3.57. The fourth-order valence-electron chi connectivity index (χ4n) is 1.25. The summed E-state index contributed by atoms with van der Waals surface area (Å²) in [6, 6.07) is 0. The molecule has 0 aromatic carbocycles. The van der Waals surface area contributed by atoms with Crippen molar-refractivity contribution in [2.24, 2.45) is 0 Å². The van der Waals surface area contributed by atoms with Gasteiger partial charge in [0.25, 0.3) is 11.8 Å².